The highest BCUT2D eigenvalue weighted by atomic mass is 32.2. The van der Waals surface area contributed by atoms with Gasteiger partial charge >= 0.3 is 0 Å². The van der Waals surface area contributed by atoms with Gasteiger partial charge in [-0.15, -0.1) is 0 Å². The third-order valence-electron chi connectivity index (χ3n) is 5.09. The predicted octanol–water partition coefficient (Wildman–Crippen LogP) is 3.61. The molecule has 0 aromatic heterocycles. The minimum atomic E-state index is -3.65. The van der Waals surface area contributed by atoms with Gasteiger partial charge in [0.2, 0.25) is 10.0 Å². The fraction of sp³-hybridized carbons (Fsp3) is 0.409. The van der Waals surface area contributed by atoms with Crippen LogP contribution < -0.4 is 5.32 Å². The van der Waals surface area contributed by atoms with Crippen molar-refractivity contribution in [2.45, 2.75) is 38.0 Å². The van der Waals surface area contributed by atoms with E-state index in [1.807, 2.05) is 24.3 Å². The van der Waals surface area contributed by atoms with Gasteiger partial charge in [0.05, 0.1) is 18.1 Å². The molecule has 1 fully saturated rings. The minimum Gasteiger partial charge on any atom is -0.379 e. The fourth-order valence-corrected chi connectivity index (χ4v) is 4.71. The summed E-state index contributed by atoms with van der Waals surface area (Å²) in [4.78, 5) is 12.9. The summed E-state index contributed by atoms with van der Waals surface area (Å²) in [5.41, 5.74) is 3.01. The predicted molar refractivity (Wildman–Crippen MR) is 114 cm³/mol. The molecular weight excluding hydrogens is 388 g/mol. The Kier molecular flexibility index (Phi) is 7.05. The quantitative estimate of drug-likeness (QED) is 0.748. The Balaban J connectivity index is 1.77. The van der Waals surface area contributed by atoms with Gasteiger partial charge in [0.25, 0.3) is 5.91 Å². The molecule has 2 aromatic carbocycles. The smallest absolute Gasteiger partial charge is 0.255 e. The first-order chi connectivity index (χ1) is 13.9. The summed E-state index contributed by atoms with van der Waals surface area (Å²) in [5, 5.41) is 2.87. The van der Waals surface area contributed by atoms with Gasteiger partial charge in [0, 0.05) is 24.3 Å². The topological polar surface area (TPSA) is 75.7 Å². The van der Waals surface area contributed by atoms with Crippen LogP contribution in [0.25, 0.3) is 0 Å². The van der Waals surface area contributed by atoms with Crippen molar-refractivity contribution in [3.63, 3.8) is 0 Å². The molecule has 0 bridgehead atoms. The Hall–Kier alpha value is -2.22. The molecule has 1 N–H and O–H groups in total. The number of rotatable bonds is 7. The van der Waals surface area contributed by atoms with Gasteiger partial charge < -0.3 is 10.1 Å². The van der Waals surface area contributed by atoms with Crippen LogP contribution in [-0.2, 0) is 21.2 Å². The SMILES string of the molecule is CCCCc1ccc(NC(=O)c2cc(S(=O)(=O)N3CCOCC3)ccc2C)cc1. The lowest BCUT2D eigenvalue weighted by molar-refractivity contribution is 0.0730. The summed E-state index contributed by atoms with van der Waals surface area (Å²) in [5.74, 6) is -0.317. The molecule has 29 heavy (non-hydrogen) atoms. The molecule has 0 radical (unpaired) electrons. The maximum Gasteiger partial charge on any atom is 0.255 e. The maximum absolute atomic E-state index is 12.9. The van der Waals surface area contributed by atoms with E-state index < -0.39 is 10.0 Å². The number of unbranched alkanes of at least 4 members (excludes halogenated alkanes) is 1. The molecule has 1 heterocycles. The van der Waals surface area contributed by atoms with Crippen molar-refractivity contribution in [2.75, 3.05) is 31.6 Å². The Morgan fingerprint density at radius 3 is 2.45 bits per heavy atom. The van der Waals surface area contributed by atoms with Crippen LogP contribution in [-0.4, -0.2) is 44.9 Å². The van der Waals surface area contributed by atoms with Gasteiger partial charge in [-0.05, 0) is 55.2 Å². The number of hydrogen-bond donors (Lipinski definition) is 1. The van der Waals surface area contributed by atoms with Crippen molar-refractivity contribution >= 4 is 21.6 Å². The molecular formula is C22H28N2O4S. The lowest BCUT2D eigenvalue weighted by Crippen LogP contribution is -2.40. The molecule has 6 nitrogen and oxygen atoms in total. The van der Waals surface area contributed by atoms with E-state index in [1.54, 1.807) is 19.1 Å². The summed E-state index contributed by atoms with van der Waals surface area (Å²) >= 11 is 0. The average molecular weight is 417 g/mol. The normalized spacial score (nSPS) is 15.2. The third-order valence-corrected chi connectivity index (χ3v) is 6.99. The second-order valence-corrected chi connectivity index (χ2v) is 9.19. The number of nitrogens with one attached hydrogen (secondary N) is 1. The Morgan fingerprint density at radius 2 is 1.79 bits per heavy atom. The number of aryl methyl sites for hydroxylation is 2. The van der Waals surface area contributed by atoms with Crippen LogP contribution >= 0.6 is 0 Å². The number of sulfonamides is 1. The Labute approximate surface area is 172 Å². The average Bonchev–Trinajstić information content (AvgIpc) is 2.74. The molecule has 0 aliphatic carbocycles. The molecule has 156 valence electrons. The fourth-order valence-electron chi connectivity index (χ4n) is 3.28. The van der Waals surface area contributed by atoms with Gasteiger partial charge in [-0.2, -0.15) is 4.31 Å². The van der Waals surface area contributed by atoms with Crippen LogP contribution in [0.3, 0.4) is 0 Å². The van der Waals surface area contributed by atoms with E-state index in [4.69, 9.17) is 4.74 Å². The van der Waals surface area contributed by atoms with Gasteiger partial charge in [0.1, 0.15) is 0 Å². The summed E-state index contributed by atoms with van der Waals surface area (Å²) in [7, 11) is -3.65. The van der Waals surface area contributed by atoms with Crippen LogP contribution in [0, 0.1) is 6.92 Å². The molecule has 0 unspecified atom stereocenters. The summed E-state index contributed by atoms with van der Waals surface area (Å²) < 4.78 is 32.4. The zero-order valence-corrected chi connectivity index (χ0v) is 17.8. The van der Waals surface area contributed by atoms with E-state index in [9.17, 15) is 13.2 Å². The van der Waals surface area contributed by atoms with E-state index in [0.717, 1.165) is 24.8 Å². The monoisotopic (exact) mass is 416 g/mol. The third kappa shape index (κ3) is 5.23. The van der Waals surface area contributed by atoms with Crippen LogP contribution in [0.5, 0.6) is 0 Å². The van der Waals surface area contributed by atoms with Crippen LogP contribution in [0.1, 0.15) is 41.3 Å². The highest BCUT2D eigenvalue weighted by Crippen LogP contribution is 2.22. The largest absolute Gasteiger partial charge is 0.379 e. The lowest BCUT2D eigenvalue weighted by atomic mass is 10.1. The van der Waals surface area contributed by atoms with Crippen molar-refractivity contribution in [1.82, 2.24) is 4.31 Å². The molecule has 0 spiro atoms. The van der Waals surface area contributed by atoms with Gasteiger partial charge in [0.15, 0.2) is 0 Å². The molecule has 3 rings (SSSR count). The molecule has 1 aliphatic heterocycles. The molecule has 1 saturated heterocycles. The number of carbonyl (C=O) groups is 1. The Bertz CT molecular complexity index is 949. The lowest BCUT2D eigenvalue weighted by Gasteiger charge is -2.26. The number of hydrogen-bond acceptors (Lipinski definition) is 4. The van der Waals surface area contributed by atoms with E-state index in [0.29, 0.717) is 37.6 Å². The zero-order chi connectivity index (χ0) is 20.9. The molecule has 0 saturated carbocycles. The van der Waals surface area contributed by atoms with Crippen molar-refractivity contribution in [2.24, 2.45) is 0 Å². The van der Waals surface area contributed by atoms with Crippen molar-refractivity contribution in [3.8, 4) is 0 Å². The second-order valence-electron chi connectivity index (χ2n) is 7.25. The summed E-state index contributed by atoms with van der Waals surface area (Å²) in [6.07, 6.45) is 3.29. The number of ether oxygens (including phenoxy) is 1. The molecule has 2 aromatic rings. The summed E-state index contributed by atoms with van der Waals surface area (Å²) in [6.45, 7) is 5.36. The highest BCUT2D eigenvalue weighted by Gasteiger charge is 2.27. The second kappa shape index (κ2) is 9.52. The first-order valence-electron chi connectivity index (χ1n) is 10.0. The minimum absolute atomic E-state index is 0.130. The zero-order valence-electron chi connectivity index (χ0n) is 17.0. The van der Waals surface area contributed by atoms with Gasteiger partial charge in [-0.25, -0.2) is 8.42 Å². The highest BCUT2D eigenvalue weighted by molar-refractivity contribution is 7.89. The first kappa shape index (κ1) is 21.5. The Morgan fingerprint density at radius 1 is 1.10 bits per heavy atom. The van der Waals surface area contributed by atoms with Crippen molar-refractivity contribution in [3.05, 3.63) is 59.2 Å². The number of nitrogens with zero attached hydrogens (tertiary/aromatic N) is 1. The first-order valence-corrected chi connectivity index (χ1v) is 11.4. The number of benzene rings is 2. The molecule has 1 amide bonds. The van der Waals surface area contributed by atoms with E-state index >= 15 is 0 Å². The maximum atomic E-state index is 12.9. The number of carbonyl (C=O) groups excluding carboxylic acids is 1. The van der Waals surface area contributed by atoms with Crippen LogP contribution in [0.4, 0.5) is 5.69 Å². The van der Waals surface area contributed by atoms with E-state index in [1.165, 1.54) is 15.9 Å². The molecule has 0 atom stereocenters. The molecule has 1 aliphatic rings. The number of amides is 1. The van der Waals surface area contributed by atoms with Gasteiger partial charge in [-0.3, -0.25) is 4.79 Å². The van der Waals surface area contributed by atoms with Crippen LogP contribution in [0.2, 0.25) is 0 Å². The van der Waals surface area contributed by atoms with E-state index in [-0.39, 0.29) is 10.8 Å². The number of anilines is 1. The molecule has 7 heteroatoms. The van der Waals surface area contributed by atoms with Crippen molar-refractivity contribution in [1.29, 1.82) is 0 Å². The standard InChI is InChI=1S/C22H28N2O4S/c1-3-4-5-18-7-9-19(10-8-18)23-22(25)21-16-20(11-6-17(21)2)29(26,27)24-12-14-28-15-13-24/h6-11,16H,3-5,12-15H2,1-2H3,(H,23,25). The van der Waals surface area contributed by atoms with Crippen molar-refractivity contribution < 1.29 is 17.9 Å². The van der Waals surface area contributed by atoms with E-state index in [2.05, 4.69) is 12.2 Å². The van der Waals surface area contributed by atoms with Gasteiger partial charge in [-0.1, -0.05) is 31.5 Å². The number of morpholine rings is 1. The van der Waals surface area contributed by atoms with Crippen LogP contribution in [0.15, 0.2) is 47.4 Å². The summed E-state index contributed by atoms with van der Waals surface area (Å²) in [6, 6.07) is 12.5.